The highest BCUT2D eigenvalue weighted by Crippen LogP contribution is 2.33. The number of halogens is 3. The molecule has 17 heteroatoms. The summed E-state index contributed by atoms with van der Waals surface area (Å²) in [5.41, 5.74) is 0. The van der Waals surface area contributed by atoms with Crippen molar-refractivity contribution in [2.24, 2.45) is 0 Å². The number of ether oxygens (including phenoxy) is 2. The van der Waals surface area contributed by atoms with Crippen molar-refractivity contribution in [3.8, 4) is 11.9 Å². The fourth-order valence-electron chi connectivity index (χ4n) is 2.90. The second-order valence-corrected chi connectivity index (χ2v) is 8.30. The summed E-state index contributed by atoms with van der Waals surface area (Å²) in [5.74, 6) is -1.17. The Labute approximate surface area is 185 Å². The summed E-state index contributed by atoms with van der Waals surface area (Å²) in [7, 11) is -3.52. The predicted molar refractivity (Wildman–Crippen MR) is 105 cm³/mol. The van der Waals surface area contributed by atoms with Gasteiger partial charge in [-0.1, -0.05) is 0 Å². The van der Waals surface area contributed by atoms with E-state index < -0.39 is 39.6 Å². The molecule has 0 unspecified atom stereocenters. The van der Waals surface area contributed by atoms with Crippen LogP contribution in [-0.2, 0) is 10.0 Å². The Kier molecular flexibility index (Phi) is 6.99. The molecule has 0 atom stereocenters. The maximum atomic E-state index is 13.0. The van der Waals surface area contributed by atoms with Crippen LogP contribution in [0, 0.1) is 6.92 Å². The van der Waals surface area contributed by atoms with Gasteiger partial charge in [0, 0.05) is 13.1 Å². The maximum Gasteiger partial charge on any atom is 0.422 e. The SMILES string of the molecule is COc1nc(C)nc(NC(=O)NS(=O)(=O)c2c(OCC(F)(F)F)ncnc2N2CCCC2)n1. The lowest BCUT2D eigenvalue weighted by Gasteiger charge is -2.21. The van der Waals surface area contributed by atoms with Crippen molar-refractivity contribution in [3.63, 3.8) is 0 Å². The van der Waals surface area contributed by atoms with Crippen molar-refractivity contribution in [1.29, 1.82) is 0 Å². The molecule has 0 aromatic carbocycles. The number of aryl methyl sites for hydroxylation is 1. The van der Waals surface area contributed by atoms with Gasteiger partial charge in [0.05, 0.1) is 7.11 Å². The van der Waals surface area contributed by atoms with Crippen LogP contribution in [0.25, 0.3) is 0 Å². The first-order valence-electron chi connectivity index (χ1n) is 9.38. The molecule has 2 aromatic rings. The van der Waals surface area contributed by atoms with E-state index in [0.29, 0.717) is 13.1 Å². The number of alkyl halides is 3. The number of hydrogen-bond acceptors (Lipinski definition) is 11. The van der Waals surface area contributed by atoms with Crippen molar-refractivity contribution in [3.05, 3.63) is 12.2 Å². The van der Waals surface area contributed by atoms with E-state index in [2.05, 4.69) is 35.0 Å². The number of anilines is 2. The molecule has 0 spiro atoms. The van der Waals surface area contributed by atoms with Crippen molar-refractivity contribution in [2.75, 3.05) is 37.0 Å². The van der Waals surface area contributed by atoms with E-state index in [0.717, 1.165) is 19.2 Å². The summed E-state index contributed by atoms with van der Waals surface area (Å²) < 4.78 is 75.3. The lowest BCUT2D eigenvalue weighted by molar-refractivity contribution is -0.154. The molecule has 13 nitrogen and oxygen atoms in total. The molecule has 0 aliphatic carbocycles. The first-order chi connectivity index (χ1) is 15.5. The number of sulfonamides is 1. The van der Waals surface area contributed by atoms with Crippen LogP contribution >= 0.6 is 0 Å². The highest BCUT2D eigenvalue weighted by atomic mass is 32.2. The van der Waals surface area contributed by atoms with Crippen LogP contribution in [0.4, 0.5) is 29.7 Å². The zero-order valence-corrected chi connectivity index (χ0v) is 18.2. The Bertz CT molecular complexity index is 1130. The number of hydrogen-bond donors (Lipinski definition) is 2. The third-order valence-electron chi connectivity index (χ3n) is 4.16. The van der Waals surface area contributed by atoms with Gasteiger partial charge < -0.3 is 14.4 Å². The molecule has 2 amide bonds. The zero-order valence-electron chi connectivity index (χ0n) is 17.4. The predicted octanol–water partition coefficient (Wildman–Crippen LogP) is 1.03. The number of carbonyl (C=O) groups excluding carboxylic acids is 1. The van der Waals surface area contributed by atoms with Gasteiger partial charge in [0.25, 0.3) is 10.0 Å². The third kappa shape index (κ3) is 6.27. The molecule has 1 fully saturated rings. The molecular formula is C16H19F3N8O5S. The topological polar surface area (TPSA) is 161 Å². The summed E-state index contributed by atoms with van der Waals surface area (Å²) in [5, 5.41) is 2.10. The van der Waals surface area contributed by atoms with E-state index in [1.807, 2.05) is 0 Å². The Morgan fingerprint density at radius 3 is 2.52 bits per heavy atom. The Balaban J connectivity index is 1.91. The van der Waals surface area contributed by atoms with E-state index in [-0.39, 0.29) is 23.6 Å². The van der Waals surface area contributed by atoms with E-state index >= 15 is 0 Å². The van der Waals surface area contributed by atoms with Crippen LogP contribution < -0.4 is 24.4 Å². The van der Waals surface area contributed by atoms with Gasteiger partial charge in [-0.2, -0.15) is 28.1 Å². The van der Waals surface area contributed by atoms with Crippen LogP contribution in [0.3, 0.4) is 0 Å². The molecule has 0 saturated carbocycles. The quantitative estimate of drug-likeness (QED) is 0.568. The maximum absolute atomic E-state index is 13.0. The standard InChI is InChI=1S/C16H19F3N8O5S/c1-9-22-13(25-15(23-9)31-2)24-14(28)26-33(29,30)10-11(27-5-3-4-6-27)20-8-21-12(10)32-7-16(17,18)19/h8H,3-7H2,1-2H3,(H2,22,23,24,25,26,28). The number of amides is 2. The normalized spacial score (nSPS) is 14.2. The second-order valence-electron chi connectivity index (χ2n) is 6.68. The first-order valence-corrected chi connectivity index (χ1v) is 10.9. The number of nitrogens with one attached hydrogen (secondary N) is 2. The van der Waals surface area contributed by atoms with Gasteiger partial charge in [-0.25, -0.2) is 27.9 Å². The van der Waals surface area contributed by atoms with Gasteiger partial charge in [-0.3, -0.25) is 5.32 Å². The Morgan fingerprint density at radius 1 is 1.18 bits per heavy atom. The number of rotatable bonds is 7. The minimum absolute atomic E-state index is 0.128. The molecule has 3 rings (SSSR count). The van der Waals surface area contributed by atoms with Gasteiger partial charge in [0.15, 0.2) is 17.3 Å². The summed E-state index contributed by atoms with van der Waals surface area (Å²) in [6, 6.07) is -1.42. The second kappa shape index (κ2) is 9.55. The van der Waals surface area contributed by atoms with E-state index in [4.69, 9.17) is 4.74 Å². The highest BCUT2D eigenvalue weighted by Gasteiger charge is 2.35. The van der Waals surface area contributed by atoms with Gasteiger partial charge in [0.2, 0.25) is 11.8 Å². The molecule has 3 heterocycles. The van der Waals surface area contributed by atoms with E-state index in [1.54, 1.807) is 9.62 Å². The fourth-order valence-corrected chi connectivity index (χ4v) is 4.06. The monoisotopic (exact) mass is 492 g/mol. The molecule has 1 saturated heterocycles. The van der Waals surface area contributed by atoms with Crippen LogP contribution in [0.15, 0.2) is 11.2 Å². The number of urea groups is 1. The highest BCUT2D eigenvalue weighted by molar-refractivity contribution is 7.90. The minimum Gasteiger partial charge on any atom is -0.467 e. The smallest absolute Gasteiger partial charge is 0.422 e. The number of methoxy groups -OCH3 is 1. The van der Waals surface area contributed by atoms with Crippen LogP contribution in [0.5, 0.6) is 11.9 Å². The fraction of sp³-hybridized carbons (Fsp3) is 0.500. The summed E-state index contributed by atoms with van der Waals surface area (Å²) in [6.07, 6.45) is -2.42. The number of nitrogens with zero attached hydrogens (tertiary/aromatic N) is 6. The van der Waals surface area contributed by atoms with Crippen LogP contribution in [0.1, 0.15) is 18.7 Å². The molecule has 2 N–H and O–H groups in total. The van der Waals surface area contributed by atoms with Gasteiger partial charge in [0.1, 0.15) is 12.2 Å². The molecule has 33 heavy (non-hydrogen) atoms. The van der Waals surface area contributed by atoms with Crippen molar-refractivity contribution >= 4 is 27.8 Å². The molecule has 180 valence electrons. The average Bonchev–Trinajstić information content (AvgIpc) is 3.25. The summed E-state index contributed by atoms with van der Waals surface area (Å²) >= 11 is 0. The van der Waals surface area contributed by atoms with E-state index in [9.17, 15) is 26.4 Å². The Morgan fingerprint density at radius 2 is 1.88 bits per heavy atom. The van der Waals surface area contributed by atoms with Crippen molar-refractivity contribution < 1.29 is 35.9 Å². The molecular weight excluding hydrogens is 473 g/mol. The third-order valence-corrected chi connectivity index (χ3v) is 5.51. The van der Waals surface area contributed by atoms with Crippen molar-refractivity contribution in [2.45, 2.75) is 30.8 Å². The summed E-state index contributed by atoms with van der Waals surface area (Å²) in [6.45, 7) is 0.517. The number of aromatic nitrogens is 5. The van der Waals surface area contributed by atoms with Crippen molar-refractivity contribution in [1.82, 2.24) is 29.6 Å². The van der Waals surface area contributed by atoms with Gasteiger partial charge in [-0.05, 0) is 19.8 Å². The molecule has 1 aliphatic heterocycles. The van der Waals surface area contributed by atoms with E-state index in [1.165, 1.54) is 14.0 Å². The van der Waals surface area contributed by atoms with Gasteiger partial charge in [-0.15, -0.1) is 0 Å². The number of carbonyl (C=O) groups is 1. The molecule has 1 aliphatic rings. The summed E-state index contributed by atoms with van der Waals surface area (Å²) in [4.78, 5) is 32.0. The Hall–Kier alpha value is -3.50. The first kappa shape index (κ1) is 24.1. The van der Waals surface area contributed by atoms with Crippen LogP contribution in [0.2, 0.25) is 0 Å². The molecule has 2 aromatic heterocycles. The molecule has 0 radical (unpaired) electrons. The lowest BCUT2D eigenvalue weighted by atomic mass is 10.4. The largest absolute Gasteiger partial charge is 0.467 e. The lowest BCUT2D eigenvalue weighted by Crippen LogP contribution is -2.37. The zero-order chi connectivity index (χ0) is 24.2. The minimum atomic E-state index is -4.80. The van der Waals surface area contributed by atoms with Gasteiger partial charge >= 0.3 is 18.2 Å². The van der Waals surface area contributed by atoms with Crippen LogP contribution in [-0.4, -0.2) is 72.4 Å². The molecule has 0 bridgehead atoms. The average molecular weight is 492 g/mol.